The fraction of sp³-hybridized carbons (Fsp3) is 0.400. The minimum Gasteiger partial charge on any atom is -0.506 e. The summed E-state index contributed by atoms with van der Waals surface area (Å²) in [4.78, 5) is 0. The molecule has 0 spiro atoms. The van der Waals surface area contributed by atoms with Gasteiger partial charge in [0.25, 0.3) is 0 Å². The first-order chi connectivity index (χ1) is 9.18. The van der Waals surface area contributed by atoms with Crippen LogP contribution in [0.25, 0.3) is 5.69 Å². The van der Waals surface area contributed by atoms with E-state index in [1.807, 2.05) is 22.9 Å². The van der Waals surface area contributed by atoms with Crippen molar-refractivity contribution in [2.45, 2.75) is 26.2 Å². The summed E-state index contributed by atoms with van der Waals surface area (Å²) >= 11 is 0. The molecule has 3 rings (SSSR count). The van der Waals surface area contributed by atoms with Crippen molar-refractivity contribution in [3.05, 3.63) is 41.2 Å². The molecule has 1 aromatic heterocycles. The highest BCUT2D eigenvalue weighted by Crippen LogP contribution is 2.31. The lowest BCUT2D eigenvalue weighted by atomic mass is 9.96. The first kappa shape index (κ1) is 12.2. The molecule has 0 amide bonds. The maximum absolute atomic E-state index is 9.98. The molecule has 4 heteroatoms. The SMILES string of the molecule is Cc1nn(-c2ccccc2O)c(C)c1C1CCNC1. The molecule has 2 heterocycles. The number of hydrogen-bond acceptors (Lipinski definition) is 3. The van der Waals surface area contributed by atoms with Gasteiger partial charge in [-0.2, -0.15) is 5.10 Å². The molecule has 1 aliphatic rings. The topological polar surface area (TPSA) is 50.1 Å². The van der Waals surface area contributed by atoms with Gasteiger partial charge in [-0.25, -0.2) is 4.68 Å². The molecule has 19 heavy (non-hydrogen) atoms. The number of aryl methyl sites for hydroxylation is 1. The van der Waals surface area contributed by atoms with E-state index in [0.29, 0.717) is 5.92 Å². The van der Waals surface area contributed by atoms with E-state index in [1.165, 1.54) is 5.56 Å². The fourth-order valence-corrected chi connectivity index (χ4v) is 3.02. The number of rotatable bonds is 2. The van der Waals surface area contributed by atoms with Crippen LogP contribution >= 0.6 is 0 Å². The van der Waals surface area contributed by atoms with Crippen molar-refractivity contribution < 1.29 is 5.11 Å². The summed E-state index contributed by atoms with van der Waals surface area (Å²) in [5.74, 6) is 0.809. The van der Waals surface area contributed by atoms with Crippen LogP contribution in [-0.4, -0.2) is 28.0 Å². The Balaban J connectivity index is 2.09. The summed E-state index contributed by atoms with van der Waals surface area (Å²) in [6.45, 7) is 6.23. The Hall–Kier alpha value is -1.81. The van der Waals surface area contributed by atoms with Gasteiger partial charge in [0, 0.05) is 23.7 Å². The van der Waals surface area contributed by atoms with E-state index in [0.717, 1.165) is 36.6 Å². The molecular formula is C15H19N3O. The van der Waals surface area contributed by atoms with Crippen molar-refractivity contribution in [3.63, 3.8) is 0 Å². The third kappa shape index (κ3) is 2.02. The second-order valence-corrected chi connectivity index (χ2v) is 5.17. The van der Waals surface area contributed by atoms with Crippen molar-refractivity contribution in [1.29, 1.82) is 0 Å². The van der Waals surface area contributed by atoms with Crippen molar-refractivity contribution in [3.8, 4) is 11.4 Å². The van der Waals surface area contributed by atoms with Crippen molar-refractivity contribution in [2.75, 3.05) is 13.1 Å². The standard InChI is InChI=1S/C15H19N3O/c1-10-15(12-7-8-16-9-12)11(2)18(17-10)13-5-3-4-6-14(13)19/h3-6,12,16,19H,7-9H2,1-2H3. The highest BCUT2D eigenvalue weighted by molar-refractivity contribution is 5.47. The average molecular weight is 257 g/mol. The molecule has 1 saturated heterocycles. The zero-order chi connectivity index (χ0) is 13.4. The number of phenols is 1. The predicted molar refractivity (Wildman–Crippen MR) is 74.9 cm³/mol. The lowest BCUT2D eigenvalue weighted by molar-refractivity contribution is 0.470. The van der Waals surface area contributed by atoms with Crippen molar-refractivity contribution >= 4 is 0 Å². The molecule has 1 aromatic carbocycles. The van der Waals surface area contributed by atoms with Crippen LogP contribution in [0.15, 0.2) is 24.3 Å². The van der Waals surface area contributed by atoms with Gasteiger partial charge in [0.05, 0.1) is 5.69 Å². The third-order valence-corrected chi connectivity index (χ3v) is 3.93. The summed E-state index contributed by atoms with van der Waals surface area (Å²) in [7, 11) is 0. The van der Waals surface area contributed by atoms with Crippen LogP contribution < -0.4 is 5.32 Å². The number of nitrogens with one attached hydrogen (secondary N) is 1. The largest absolute Gasteiger partial charge is 0.506 e. The smallest absolute Gasteiger partial charge is 0.141 e. The van der Waals surface area contributed by atoms with Gasteiger partial charge in [-0.1, -0.05) is 12.1 Å². The molecule has 1 fully saturated rings. The molecule has 1 aliphatic heterocycles. The monoisotopic (exact) mass is 257 g/mol. The fourth-order valence-electron chi connectivity index (χ4n) is 3.02. The number of aromatic nitrogens is 2. The van der Waals surface area contributed by atoms with Gasteiger partial charge in [-0.15, -0.1) is 0 Å². The Morgan fingerprint density at radius 2 is 2.11 bits per heavy atom. The van der Waals surface area contributed by atoms with E-state index < -0.39 is 0 Å². The molecule has 0 aliphatic carbocycles. The van der Waals surface area contributed by atoms with Crippen LogP contribution in [0.4, 0.5) is 0 Å². The second-order valence-electron chi connectivity index (χ2n) is 5.17. The lowest BCUT2D eigenvalue weighted by Gasteiger charge is -2.10. The maximum atomic E-state index is 9.98. The van der Waals surface area contributed by atoms with Gasteiger partial charge in [0.1, 0.15) is 11.4 Å². The van der Waals surface area contributed by atoms with E-state index in [1.54, 1.807) is 6.07 Å². The zero-order valence-corrected chi connectivity index (χ0v) is 11.3. The van der Waals surface area contributed by atoms with E-state index in [4.69, 9.17) is 0 Å². The highest BCUT2D eigenvalue weighted by atomic mass is 16.3. The molecule has 2 N–H and O–H groups in total. The third-order valence-electron chi connectivity index (χ3n) is 3.93. The van der Waals surface area contributed by atoms with E-state index in [9.17, 15) is 5.11 Å². The van der Waals surface area contributed by atoms with Gasteiger partial charge >= 0.3 is 0 Å². The minimum atomic E-state index is 0.268. The van der Waals surface area contributed by atoms with Gasteiger partial charge < -0.3 is 10.4 Å². The number of para-hydroxylation sites is 2. The van der Waals surface area contributed by atoms with Crippen LogP contribution in [0.2, 0.25) is 0 Å². The normalized spacial score (nSPS) is 18.9. The molecule has 1 atom stereocenters. The molecule has 4 nitrogen and oxygen atoms in total. The van der Waals surface area contributed by atoms with Crippen LogP contribution in [0.5, 0.6) is 5.75 Å². The van der Waals surface area contributed by atoms with Gasteiger partial charge in [-0.05, 0) is 38.9 Å². The lowest BCUT2D eigenvalue weighted by Crippen LogP contribution is -2.09. The first-order valence-electron chi connectivity index (χ1n) is 6.73. The summed E-state index contributed by atoms with van der Waals surface area (Å²) in [6.07, 6.45) is 1.16. The van der Waals surface area contributed by atoms with Crippen LogP contribution in [0.1, 0.15) is 29.3 Å². The second kappa shape index (κ2) is 4.70. The average Bonchev–Trinajstić information content (AvgIpc) is 2.99. The van der Waals surface area contributed by atoms with Crippen molar-refractivity contribution in [2.24, 2.45) is 0 Å². The highest BCUT2D eigenvalue weighted by Gasteiger charge is 2.24. The van der Waals surface area contributed by atoms with Gasteiger partial charge in [0.15, 0.2) is 0 Å². The molecule has 0 saturated carbocycles. The minimum absolute atomic E-state index is 0.268. The summed E-state index contributed by atoms with van der Waals surface area (Å²) in [5.41, 5.74) is 4.27. The quantitative estimate of drug-likeness (QED) is 0.867. The Labute approximate surface area is 113 Å². The van der Waals surface area contributed by atoms with Crippen LogP contribution in [0.3, 0.4) is 0 Å². The summed E-state index contributed by atoms with van der Waals surface area (Å²) in [5, 5.41) is 18.0. The van der Waals surface area contributed by atoms with Crippen LogP contribution in [-0.2, 0) is 0 Å². The van der Waals surface area contributed by atoms with E-state index in [-0.39, 0.29) is 5.75 Å². The van der Waals surface area contributed by atoms with E-state index in [2.05, 4.69) is 24.3 Å². The summed E-state index contributed by atoms with van der Waals surface area (Å²) in [6, 6.07) is 7.34. The Bertz CT molecular complexity index is 597. The Kier molecular flexibility index (Phi) is 3.03. The molecular weight excluding hydrogens is 238 g/mol. The molecule has 100 valence electrons. The maximum Gasteiger partial charge on any atom is 0.141 e. The molecule has 2 aromatic rings. The van der Waals surface area contributed by atoms with Gasteiger partial charge in [0.2, 0.25) is 0 Å². The molecule has 0 bridgehead atoms. The Morgan fingerprint density at radius 3 is 2.79 bits per heavy atom. The number of phenolic OH excluding ortho intramolecular Hbond substituents is 1. The molecule has 0 radical (unpaired) electrons. The van der Waals surface area contributed by atoms with Gasteiger partial charge in [-0.3, -0.25) is 0 Å². The van der Waals surface area contributed by atoms with Crippen molar-refractivity contribution in [1.82, 2.24) is 15.1 Å². The number of aromatic hydroxyl groups is 1. The number of benzene rings is 1. The van der Waals surface area contributed by atoms with E-state index >= 15 is 0 Å². The molecule has 1 unspecified atom stereocenters. The first-order valence-corrected chi connectivity index (χ1v) is 6.73. The number of hydrogen-bond donors (Lipinski definition) is 2. The van der Waals surface area contributed by atoms with Crippen LogP contribution in [0, 0.1) is 13.8 Å². The Morgan fingerprint density at radius 1 is 1.32 bits per heavy atom. The summed E-state index contributed by atoms with van der Waals surface area (Å²) < 4.78 is 1.86. The zero-order valence-electron chi connectivity index (χ0n) is 11.3. The predicted octanol–water partition coefficient (Wildman–Crippen LogP) is 2.27. The number of nitrogens with zero attached hydrogens (tertiary/aromatic N) is 2.